The van der Waals surface area contributed by atoms with Crippen LogP contribution >= 0.6 is 15.9 Å². The number of carboxylic acids is 1. The molecule has 0 amide bonds. The summed E-state index contributed by atoms with van der Waals surface area (Å²) in [5.41, 5.74) is 3.12. The van der Waals surface area contributed by atoms with Gasteiger partial charge in [0.05, 0.1) is 11.3 Å². The van der Waals surface area contributed by atoms with Crippen LogP contribution in [0.5, 0.6) is 0 Å². The standard InChI is InChI=1S/C15H11BrN2O3/c1-8-3-2-4-11(13(8)16)18-15-17-10-6-5-9(14(19)20)7-12(10)21-15/h2-7H,1H3,(H,17,18)(H,19,20). The van der Waals surface area contributed by atoms with E-state index in [1.165, 1.54) is 12.1 Å². The topological polar surface area (TPSA) is 75.4 Å². The van der Waals surface area contributed by atoms with Crippen molar-refractivity contribution >= 4 is 44.7 Å². The van der Waals surface area contributed by atoms with Crippen molar-refractivity contribution in [3.05, 3.63) is 52.0 Å². The molecule has 0 saturated heterocycles. The number of benzene rings is 2. The third-order valence-corrected chi connectivity index (χ3v) is 4.12. The zero-order valence-electron chi connectivity index (χ0n) is 11.1. The van der Waals surface area contributed by atoms with Crippen molar-refractivity contribution in [2.24, 2.45) is 0 Å². The highest BCUT2D eigenvalue weighted by Gasteiger charge is 2.11. The van der Waals surface area contributed by atoms with Crippen LogP contribution in [-0.4, -0.2) is 16.1 Å². The number of aromatic nitrogens is 1. The monoisotopic (exact) mass is 346 g/mol. The second-order valence-corrected chi connectivity index (χ2v) is 5.36. The van der Waals surface area contributed by atoms with E-state index >= 15 is 0 Å². The summed E-state index contributed by atoms with van der Waals surface area (Å²) >= 11 is 3.50. The first kappa shape index (κ1) is 13.6. The van der Waals surface area contributed by atoms with E-state index in [0.717, 1.165) is 15.7 Å². The molecule has 0 aliphatic heterocycles. The predicted octanol–water partition coefficient (Wildman–Crippen LogP) is 4.34. The number of carboxylic acid groups (broad SMARTS) is 1. The second kappa shape index (κ2) is 5.21. The van der Waals surface area contributed by atoms with E-state index in [1.807, 2.05) is 25.1 Å². The first-order chi connectivity index (χ1) is 10.0. The van der Waals surface area contributed by atoms with Crippen molar-refractivity contribution < 1.29 is 14.3 Å². The number of carbonyl (C=O) groups is 1. The Bertz CT molecular complexity index is 842. The number of hydrogen-bond acceptors (Lipinski definition) is 4. The number of nitrogens with one attached hydrogen (secondary N) is 1. The number of halogens is 1. The van der Waals surface area contributed by atoms with Crippen molar-refractivity contribution in [1.82, 2.24) is 4.98 Å². The smallest absolute Gasteiger partial charge is 0.335 e. The van der Waals surface area contributed by atoms with Crippen molar-refractivity contribution in [3.63, 3.8) is 0 Å². The van der Waals surface area contributed by atoms with Gasteiger partial charge in [0.15, 0.2) is 5.58 Å². The summed E-state index contributed by atoms with van der Waals surface area (Å²) in [7, 11) is 0. The van der Waals surface area contributed by atoms with Crippen LogP contribution in [0, 0.1) is 6.92 Å². The lowest BCUT2D eigenvalue weighted by Crippen LogP contribution is -1.94. The Hall–Kier alpha value is -2.34. The molecule has 106 valence electrons. The Labute approximate surface area is 128 Å². The summed E-state index contributed by atoms with van der Waals surface area (Å²) in [5.74, 6) is -0.996. The van der Waals surface area contributed by atoms with Crippen LogP contribution in [0.15, 0.2) is 45.3 Å². The molecule has 2 N–H and O–H groups in total. The quantitative estimate of drug-likeness (QED) is 0.737. The third kappa shape index (κ3) is 2.62. The molecule has 1 heterocycles. The summed E-state index contributed by atoms with van der Waals surface area (Å²) in [6, 6.07) is 10.7. The molecule has 0 unspecified atom stereocenters. The number of oxazole rings is 1. The van der Waals surface area contributed by atoms with Crippen molar-refractivity contribution in [2.75, 3.05) is 5.32 Å². The maximum atomic E-state index is 10.9. The van der Waals surface area contributed by atoms with Gasteiger partial charge in [0, 0.05) is 4.47 Å². The van der Waals surface area contributed by atoms with Crippen LogP contribution in [0.3, 0.4) is 0 Å². The average molecular weight is 347 g/mol. The lowest BCUT2D eigenvalue weighted by Gasteiger charge is -2.06. The van der Waals surface area contributed by atoms with Gasteiger partial charge in [0.2, 0.25) is 0 Å². The van der Waals surface area contributed by atoms with Crippen LogP contribution in [0.25, 0.3) is 11.1 Å². The fourth-order valence-corrected chi connectivity index (χ4v) is 2.33. The number of rotatable bonds is 3. The molecule has 0 atom stereocenters. The molecule has 0 spiro atoms. The molecule has 2 aromatic carbocycles. The van der Waals surface area contributed by atoms with Crippen LogP contribution in [0.1, 0.15) is 15.9 Å². The Morgan fingerprint density at radius 1 is 1.33 bits per heavy atom. The van der Waals surface area contributed by atoms with Gasteiger partial charge in [-0.05, 0) is 52.7 Å². The largest absolute Gasteiger partial charge is 0.478 e. The molecule has 1 aromatic heterocycles. The van der Waals surface area contributed by atoms with Crippen LogP contribution in [0.2, 0.25) is 0 Å². The van der Waals surface area contributed by atoms with Gasteiger partial charge in [-0.15, -0.1) is 0 Å². The first-order valence-electron chi connectivity index (χ1n) is 6.20. The zero-order valence-corrected chi connectivity index (χ0v) is 12.6. The Balaban J connectivity index is 1.98. The van der Waals surface area contributed by atoms with Crippen molar-refractivity contribution in [3.8, 4) is 0 Å². The van der Waals surface area contributed by atoms with Gasteiger partial charge in [0.1, 0.15) is 5.52 Å². The molecular formula is C15H11BrN2O3. The summed E-state index contributed by atoms with van der Waals surface area (Å²) in [5, 5.41) is 12.0. The molecule has 3 rings (SSSR count). The number of anilines is 2. The van der Waals surface area contributed by atoms with Gasteiger partial charge < -0.3 is 14.8 Å². The molecule has 6 heteroatoms. The maximum absolute atomic E-state index is 10.9. The van der Waals surface area contributed by atoms with Crippen LogP contribution in [-0.2, 0) is 0 Å². The number of hydrogen-bond donors (Lipinski definition) is 2. The zero-order chi connectivity index (χ0) is 15.0. The minimum absolute atomic E-state index is 0.168. The minimum atomic E-state index is -0.996. The van der Waals surface area contributed by atoms with Crippen LogP contribution in [0.4, 0.5) is 11.7 Å². The molecule has 21 heavy (non-hydrogen) atoms. The van der Waals surface area contributed by atoms with E-state index in [0.29, 0.717) is 17.1 Å². The number of aromatic carboxylic acids is 1. The van der Waals surface area contributed by atoms with Gasteiger partial charge >= 0.3 is 5.97 Å². The van der Waals surface area contributed by atoms with Gasteiger partial charge in [-0.3, -0.25) is 0 Å². The van der Waals surface area contributed by atoms with Crippen molar-refractivity contribution in [2.45, 2.75) is 6.92 Å². The Morgan fingerprint density at radius 2 is 2.14 bits per heavy atom. The van der Waals surface area contributed by atoms with Gasteiger partial charge in [-0.1, -0.05) is 12.1 Å². The highest BCUT2D eigenvalue weighted by Crippen LogP contribution is 2.29. The summed E-state index contributed by atoms with van der Waals surface area (Å²) in [6.45, 7) is 1.99. The van der Waals surface area contributed by atoms with E-state index in [2.05, 4.69) is 26.2 Å². The average Bonchev–Trinajstić information content (AvgIpc) is 2.85. The molecule has 0 fully saturated rings. The fourth-order valence-electron chi connectivity index (χ4n) is 1.97. The van der Waals surface area contributed by atoms with Gasteiger partial charge in [-0.2, -0.15) is 4.98 Å². The molecule has 0 saturated carbocycles. The van der Waals surface area contributed by atoms with Gasteiger partial charge in [-0.25, -0.2) is 4.79 Å². The SMILES string of the molecule is Cc1cccc(Nc2nc3ccc(C(=O)O)cc3o2)c1Br. The molecule has 0 radical (unpaired) electrons. The van der Waals surface area contributed by atoms with E-state index in [1.54, 1.807) is 6.07 Å². The third-order valence-electron chi connectivity index (χ3n) is 3.07. The maximum Gasteiger partial charge on any atom is 0.335 e. The second-order valence-electron chi connectivity index (χ2n) is 4.57. The van der Waals surface area contributed by atoms with Crippen LogP contribution < -0.4 is 5.32 Å². The number of nitrogens with zero attached hydrogens (tertiary/aromatic N) is 1. The molecule has 3 aromatic rings. The molecule has 0 aliphatic rings. The van der Waals surface area contributed by atoms with E-state index in [-0.39, 0.29) is 5.56 Å². The highest BCUT2D eigenvalue weighted by atomic mass is 79.9. The van der Waals surface area contributed by atoms with Crippen molar-refractivity contribution in [1.29, 1.82) is 0 Å². The number of fused-ring (bicyclic) bond motifs is 1. The molecule has 0 aliphatic carbocycles. The van der Waals surface area contributed by atoms with E-state index in [9.17, 15) is 4.79 Å². The van der Waals surface area contributed by atoms with E-state index in [4.69, 9.17) is 9.52 Å². The Morgan fingerprint density at radius 3 is 2.90 bits per heavy atom. The highest BCUT2D eigenvalue weighted by molar-refractivity contribution is 9.10. The summed E-state index contributed by atoms with van der Waals surface area (Å²) in [6.07, 6.45) is 0. The lowest BCUT2D eigenvalue weighted by atomic mass is 10.2. The molecular weight excluding hydrogens is 336 g/mol. The normalized spacial score (nSPS) is 10.8. The fraction of sp³-hybridized carbons (Fsp3) is 0.0667. The molecule has 0 bridgehead atoms. The number of aryl methyl sites for hydroxylation is 1. The molecule has 5 nitrogen and oxygen atoms in total. The summed E-state index contributed by atoms with van der Waals surface area (Å²) < 4.78 is 6.48. The van der Waals surface area contributed by atoms with Gasteiger partial charge in [0.25, 0.3) is 6.01 Å². The summed E-state index contributed by atoms with van der Waals surface area (Å²) in [4.78, 5) is 15.2. The minimum Gasteiger partial charge on any atom is -0.478 e. The predicted molar refractivity (Wildman–Crippen MR) is 83.1 cm³/mol. The first-order valence-corrected chi connectivity index (χ1v) is 7.00. The Kier molecular flexibility index (Phi) is 3.39. The van der Waals surface area contributed by atoms with E-state index < -0.39 is 5.97 Å². The lowest BCUT2D eigenvalue weighted by molar-refractivity contribution is 0.0697.